The molecular formula is C12H15NO5. The van der Waals surface area contributed by atoms with Crippen LogP contribution in [0, 0.1) is 0 Å². The molecule has 0 heterocycles. The van der Waals surface area contributed by atoms with Gasteiger partial charge in [0.1, 0.15) is 0 Å². The summed E-state index contributed by atoms with van der Waals surface area (Å²) in [5.41, 5.74) is 0.770. The quantitative estimate of drug-likeness (QED) is 0.697. The van der Waals surface area contributed by atoms with Gasteiger partial charge in [-0.2, -0.15) is 0 Å². The van der Waals surface area contributed by atoms with Gasteiger partial charge in [-0.15, -0.1) is 5.06 Å². The normalized spacial score (nSPS) is 12.2. The number of carboxylic acid groups (broad SMARTS) is 1. The minimum Gasteiger partial charge on any atom is -0.480 e. The summed E-state index contributed by atoms with van der Waals surface area (Å²) in [4.78, 5) is 27.1. The molecule has 0 fully saturated rings. The number of hydrogen-bond donors (Lipinski definition) is 2. The van der Waals surface area contributed by atoms with Crippen molar-refractivity contribution in [3.63, 3.8) is 0 Å². The smallest absolute Gasteiger partial charge is 0.329 e. The first-order valence-corrected chi connectivity index (χ1v) is 5.35. The number of nitrogens with zero attached hydrogens (tertiary/aromatic N) is 1. The molecule has 0 unspecified atom stereocenters. The van der Waals surface area contributed by atoms with E-state index < -0.39 is 24.6 Å². The molecule has 0 spiro atoms. The van der Waals surface area contributed by atoms with Crippen molar-refractivity contribution in [3.8, 4) is 0 Å². The van der Waals surface area contributed by atoms with Crippen molar-refractivity contribution >= 4 is 11.9 Å². The Kier molecular flexibility index (Phi) is 5.29. The molecule has 0 bridgehead atoms. The van der Waals surface area contributed by atoms with Crippen molar-refractivity contribution in [2.45, 2.75) is 12.5 Å². The van der Waals surface area contributed by atoms with Crippen LogP contribution in [0.3, 0.4) is 0 Å². The van der Waals surface area contributed by atoms with Gasteiger partial charge in [-0.05, 0) is 5.56 Å². The van der Waals surface area contributed by atoms with Crippen LogP contribution in [0.5, 0.6) is 0 Å². The molecule has 1 atom stereocenters. The number of hydrogen-bond acceptors (Lipinski definition) is 5. The van der Waals surface area contributed by atoms with E-state index in [4.69, 9.17) is 15.1 Å². The summed E-state index contributed by atoms with van der Waals surface area (Å²) in [5, 5.41) is 18.4. The summed E-state index contributed by atoms with van der Waals surface area (Å²) in [6, 6.07) is 7.68. The Morgan fingerprint density at radius 2 is 1.94 bits per heavy atom. The summed E-state index contributed by atoms with van der Waals surface area (Å²) < 4.78 is 0. The second kappa shape index (κ2) is 6.73. The van der Waals surface area contributed by atoms with Crippen LogP contribution in [0.25, 0.3) is 0 Å². The average Bonchev–Trinajstić information content (AvgIpc) is 2.30. The summed E-state index contributed by atoms with van der Waals surface area (Å²) in [6.07, 6.45) is 0.0446. The number of aliphatic hydroxyl groups is 1. The third-order valence-corrected chi connectivity index (χ3v) is 2.33. The van der Waals surface area contributed by atoms with E-state index in [0.29, 0.717) is 0 Å². The molecule has 2 N–H and O–H groups in total. The molecule has 0 saturated carbocycles. The summed E-state index contributed by atoms with van der Waals surface area (Å²) >= 11 is 0. The van der Waals surface area contributed by atoms with Gasteiger partial charge in [0.2, 0.25) is 0 Å². The fourth-order valence-electron chi connectivity index (χ4n) is 1.37. The predicted octanol–water partition coefficient (Wildman–Crippen LogP) is 0.0646. The average molecular weight is 253 g/mol. The maximum atomic E-state index is 11.5. The minimum absolute atomic E-state index is 0.0446. The van der Waals surface area contributed by atoms with Gasteiger partial charge in [0.05, 0.1) is 13.0 Å². The fraction of sp³-hybridized carbons (Fsp3) is 0.333. The van der Waals surface area contributed by atoms with Gasteiger partial charge >= 0.3 is 11.9 Å². The Morgan fingerprint density at radius 3 is 2.44 bits per heavy atom. The van der Waals surface area contributed by atoms with E-state index in [-0.39, 0.29) is 6.42 Å². The topological polar surface area (TPSA) is 87.1 Å². The Hall–Kier alpha value is -1.92. The standard InChI is InChI=1S/C12H15NO5/c1-13(10(8-14)12(16)17)18-11(15)7-9-5-3-2-4-6-9/h2-6,10,14H,7-8H2,1H3,(H,16,17)/t10-/m0/s1. The largest absolute Gasteiger partial charge is 0.480 e. The molecule has 98 valence electrons. The van der Waals surface area contributed by atoms with E-state index in [2.05, 4.69) is 0 Å². The third kappa shape index (κ3) is 4.15. The van der Waals surface area contributed by atoms with Crippen LogP contribution in [0.2, 0.25) is 0 Å². The number of carbonyl (C=O) groups is 2. The van der Waals surface area contributed by atoms with Crippen molar-refractivity contribution in [1.29, 1.82) is 0 Å². The van der Waals surface area contributed by atoms with Crippen LogP contribution in [0.4, 0.5) is 0 Å². The zero-order valence-electron chi connectivity index (χ0n) is 9.94. The molecule has 0 radical (unpaired) electrons. The van der Waals surface area contributed by atoms with Gasteiger partial charge in [0.15, 0.2) is 6.04 Å². The zero-order valence-corrected chi connectivity index (χ0v) is 9.94. The number of carbonyl (C=O) groups excluding carboxylic acids is 1. The van der Waals surface area contributed by atoms with E-state index in [1.54, 1.807) is 24.3 Å². The Labute approximate surface area is 104 Å². The molecule has 0 saturated heterocycles. The van der Waals surface area contributed by atoms with Gasteiger partial charge in [0.25, 0.3) is 0 Å². The number of aliphatic carboxylic acids is 1. The van der Waals surface area contributed by atoms with Crippen LogP contribution in [-0.2, 0) is 20.8 Å². The first-order valence-electron chi connectivity index (χ1n) is 5.35. The maximum absolute atomic E-state index is 11.5. The minimum atomic E-state index is -1.26. The number of benzene rings is 1. The van der Waals surface area contributed by atoms with E-state index in [1.807, 2.05) is 6.07 Å². The maximum Gasteiger partial charge on any atom is 0.329 e. The highest BCUT2D eigenvalue weighted by Crippen LogP contribution is 2.04. The molecule has 0 aliphatic rings. The van der Waals surface area contributed by atoms with Gasteiger partial charge in [-0.25, -0.2) is 4.79 Å². The van der Waals surface area contributed by atoms with Gasteiger partial charge < -0.3 is 15.1 Å². The molecule has 0 amide bonds. The molecule has 6 heteroatoms. The van der Waals surface area contributed by atoms with E-state index in [0.717, 1.165) is 10.6 Å². The lowest BCUT2D eigenvalue weighted by Gasteiger charge is -2.21. The lowest BCUT2D eigenvalue weighted by molar-refractivity contribution is -0.201. The van der Waals surface area contributed by atoms with Gasteiger partial charge in [0, 0.05) is 7.05 Å². The number of carboxylic acids is 1. The first-order chi connectivity index (χ1) is 8.54. The molecule has 0 aliphatic heterocycles. The molecule has 1 aromatic rings. The zero-order chi connectivity index (χ0) is 13.5. The number of aliphatic hydroxyl groups excluding tert-OH is 1. The van der Waals surface area contributed by atoms with Gasteiger partial charge in [-0.3, -0.25) is 4.79 Å². The second-order valence-electron chi connectivity index (χ2n) is 3.71. The van der Waals surface area contributed by atoms with E-state index >= 15 is 0 Å². The predicted molar refractivity (Wildman–Crippen MR) is 62.5 cm³/mol. The summed E-state index contributed by atoms with van der Waals surface area (Å²) in [6.45, 7) is -0.634. The SMILES string of the molecule is CN(OC(=O)Cc1ccccc1)[C@@H](CO)C(=O)O. The van der Waals surface area contributed by atoms with Crippen molar-refractivity contribution in [2.24, 2.45) is 0 Å². The van der Waals surface area contributed by atoms with Crippen LogP contribution in [0.1, 0.15) is 5.56 Å². The monoisotopic (exact) mass is 253 g/mol. The highest BCUT2D eigenvalue weighted by atomic mass is 16.7. The number of rotatable bonds is 6. The second-order valence-corrected chi connectivity index (χ2v) is 3.71. The van der Waals surface area contributed by atoms with Crippen LogP contribution in [0.15, 0.2) is 30.3 Å². The Balaban J connectivity index is 2.52. The molecule has 1 rings (SSSR count). The number of likely N-dealkylation sites (N-methyl/N-ethyl adjacent to an activating group) is 1. The highest BCUT2D eigenvalue weighted by Gasteiger charge is 2.24. The van der Waals surface area contributed by atoms with Crippen LogP contribution >= 0.6 is 0 Å². The van der Waals surface area contributed by atoms with E-state index in [1.165, 1.54) is 7.05 Å². The highest BCUT2D eigenvalue weighted by molar-refractivity contribution is 5.75. The molecule has 1 aromatic carbocycles. The summed E-state index contributed by atoms with van der Waals surface area (Å²) in [7, 11) is 1.29. The Morgan fingerprint density at radius 1 is 1.33 bits per heavy atom. The van der Waals surface area contributed by atoms with Crippen molar-refractivity contribution in [3.05, 3.63) is 35.9 Å². The third-order valence-electron chi connectivity index (χ3n) is 2.33. The lowest BCUT2D eigenvalue weighted by Crippen LogP contribution is -2.42. The molecule has 0 aromatic heterocycles. The molecular weight excluding hydrogens is 238 g/mol. The van der Waals surface area contributed by atoms with Crippen molar-refractivity contribution < 1.29 is 24.6 Å². The summed E-state index contributed by atoms with van der Waals surface area (Å²) in [5.74, 6) is -1.84. The first kappa shape index (κ1) is 14.1. The van der Waals surface area contributed by atoms with Crippen molar-refractivity contribution in [2.75, 3.05) is 13.7 Å². The van der Waals surface area contributed by atoms with Gasteiger partial charge in [-0.1, -0.05) is 30.3 Å². The number of hydroxylamine groups is 2. The lowest BCUT2D eigenvalue weighted by atomic mass is 10.2. The van der Waals surface area contributed by atoms with Crippen LogP contribution in [-0.4, -0.2) is 46.9 Å². The van der Waals surface area contributed by atoms with Crippen LogP contribution < -0.4 is 0 Å². The molecule has 18 heavy (non-hydrogen) atoms. The fourth-order valence-corrected chi connectivity index (χ4v) is 1.37. The Bertz CT molecular complexity index is 406. The van der Waals surface area contributed by atoms with E-state index in [9.17, 15) is 9.59 Å². The molecule has 0 aliphatic carbocycles. The molecule has 6 nitrogen and oxygen atoms in total. The van der Waals surface area contributed by atoms with Crippen molar-refractivity contribution in [1.82, 2.24) is 5.06 Å².